The van der Waals surface area contributed by atoms with E-state index in [0.717, 1.165) is 29.8 Å². The molecule has 2 aliphatic rings. The molecule has 1 saturated carbocycles. The lowest BCUT2D eigenvalue weighted by Gasteiger charge is -2.25. The molecule has 0 spiro atoms. The minimum Gasteiger partial charge on any atom is -0.476 e. The van der Waals surface area contributed by atoms with E-state index in [1.165, 1.54) is 5.56 Å². The average molecular weight is 296 g/mol. The Morgan fingerprint density at radius 2 is 1.86 bits per heavy atom. The van der Waals surface area contributed by atoms with Gasteiger partial charge in [0.2, 0.25) is 0 Å². The standard InChI is InChI=1S/C18H20N2O2/c1-10-4-6-11(7-5-10)20-16-13-9-8-12(18(13,2)3)14(16)15(19-20)17(21)22/h4-7,12-13H,8-9H2,1-3H3,(H,21,22). The monoisotopic (exact) mass is 296 g/mol. The molecule has 0 amide bonds. The van der Waals surface area contributed by atoms with Crippen LogP contribution in [0.25, 0.3) is 5.69 Å². The van der Waals surface area contributed by atoms with Gasteiger partial charge < -0.3 is 5.11 Å². The maximum Gasteiger partial charge on any atom is 0.356 e. The first kappa shape index (κ1) is 13.6. The van der Waals surface area contributed by atoms with Gasteiger partial charge in [-0.1, -0.05) is 31.5 Å². The second kappa shape index (κ2) is 4.22. The predicted molar refractivity (Wildman–Crippen MR) is 83.8 cm³/mol. The third kappa shape index (κ3) is 1.58. The summed E-state index contributed by atoms with van der Waals surface area (Å²) in [5.74, 6) is -0.197. The summed E-state index contributed by atoms with van der Waals surface area (Å²) >= 11 is 0. The topological polar surface area (TPSA) is 55.1 Å². The predicted octanol–water partition coefficient (Wildman–Crippen LogP) is 3.88. The first-order valence-electron chi connectivity index (χ1n) is 7.84. The third-order valence-corrected chi connectivity index (χ3v) is 5.66. The molecule has 2 aliphatic carbocycles. The number of rotatable bonds is 2. The number of aromatic nitrogens is 2. The Bertz CT molecular complexity index is 771. The average Bonchev–Trinajstić information content (AvgIpc) is 3.05. The molecule has 4 rings (SSSR count). The van der Waals surface area contributed by atoms with Crippen molar-refractivity contribution in [1.82, 2.24) is 9.78 Å². The fourth-order valence-corrected chi connectivity index (χ4v) is 4.49. The van der Waals surface area contributed by atoms with Crippen LogP contribution in [-0.4, -0.2) is 20.9 Å². The number of hydrogen-bond donors (Lipinski definition) is 1. The number of carbonyl (C=O) groups is 1. The van der Waals surface area contributed by atoms with Crippen molar-refractivity contribution >= 4 is 5.97 Å². The van der Waals surface area contributed by atoms with Gasteiger partial charge in [-0.15, -0.1) is 0 Å². The van der Waals surface area contributed by atoms with Gasteiger partial charge in [-0.05, 0) is 43.2 Å². The molecule has 0 radical (unpaired) electrons. The molecule has 1 N–H and O–H groups in total. The van der Waals surface area contributed by atoms with Gasteiger partial charge in [0.25, 0.3) is 0 Å². The second-order valence-corrected chi connectivity index (χ2v) is 7.20. The molecule has 0 saturated heterocycles. The molecule has 1 aromatic heterocycles. The van der Waals surface area contributed by atoms with E-state index in [9.17, 15) is 9.90 Å². The summed E-state index contributed by atoms with van der Waals surface area (Å²) < 4.78 is 1.88. The highest BCUT2D eigenvalue weighted by Gasteiger charge is 2.55. The number of carboxylic acid groups (broad SMARTS) is 1. The molecule has 22 heavy (non-hydrogen) atoms. The zero-order chi connectivity index (χ0) is 15.6. The van der Waals surface area contributed by atoms with Crippen LogP contribution in [0.2, 0.25) is 0 Å². The fourth-order valence-electron chi connectivity index (χ4n) is 4.49. The number of nitrogens with zero attached hydrogens (tertiary/aromatic N) is 2. The van der Waals surface area contributed by atoms with Crippen molar-refractivity contribution in [1.29, 1.82) is 0 Å². The molecule has 2 aromatic rings. The molecule has 0 aliphatic heterocycles. The molecule has 114 valence electrons. The zero-order valence-electron chi connectivity index (χ0n) is 13.1. The highest BCUT2D eigenvalue weighted by molar-refractivity contribution is 5.88. The highest BCUT2D eigenvalue weighted by Crippen LogP contribution is 2.65. The van der Waals surface area contributed by atoms with Gasteiger partial charge >= 0.3 is 5.97 Å². The van der Waals surface area contributed by atoms with Crippen LogP contribution in [0.4, 0.5) is 0 Å². The lowest BCUT2D eigenvalue weighted by molar-refractivity contribution is 0.0687. The Labute approximate surface area is 129 Å². The summed E-state index contributed by atoms with van der Waals surface area (Å²) in [6, 6.07) is 8.13. The fraction of sp³-hybridized carbons (Fsp3) is 0.444. The molecular formula is C18H20N2O2. The normalized spacial score (nSPS) is 24.5. The number of carboxylic acids is 1. The van der Waals surface area contributed by atoms with Gasteiger partial charge in [-0.2, -0.15) is 5.10 Å². The Morgan fingerprint density at radius 1 is 1.23 bits per heavy atom. The lowest BCUT2D eigenvalue weighted by Crippen LogP contribution is -2.18. The van der Waals surface area contributed by atoms with E-state index in [2.05, 4.69) is 18.9 Å². The SMILES string of the molecule is Cc1ccc(-n2nc(C(=O)O)c3c2C2CCC3C2(C)C)cc1. The van der Waals surface area contributed by atoms with Gasteiger partial charge in [0.1, 0.15) is 0 Å². The van der Waals surface area contributed by atoms with E-state index in [1.807, 2.05) is 35.9 Å². The number of hydrogen-bond acceptors (Lipinski definition) is 2. The van der Waals surface area contributed by atoms with Crippen LogP contribution < -0.4 is 0 Å². The van der Waals surface area contributed by atoms with E-state index in [0.29, 0.717) is 11.8 Å². The number of aromatic carboxylic acids is 1. The lowest BCUT2D eigenvalue weighted by atomic mass is 9.80. The van der Waals surface area contributed by atoms with E-state index < -0.39 is 5.97 Å². The third-order valence-electron chi connectivity index (χ3n) is 5.66. The Hall–Kier alpha value is -2.10. The van der Waals surface area contributed by atoms with Crippen molar-refractivity contribution in [3.63, 3.8) is 0 Å². The van der Waals surface area contributed by atoms with Gasteiger partial charge in [0.05, 0.1) is 11.4 Å². The van der Waals surface area contributed by atoms with Crippen molar-refractivity contribution in [3.05, 3.63) is 46.8 Å². The largest absolute Gasteiger partial charge is 0.476 e. The summed E-state index contributed by atoms with van der Waals surface area (Å²) in [4.78, 5) is 11.7. The van der Waals surface area contributed by atoms with E-state index in [-0.39, 0.29) is 11.1 Å². The van der Waals surface area contributed by atoms with Crippen molar-refractivity contribution in [2.45, 2.75) is 45.4 Å². The summed E-state index contributed by atoms with van der Waals surface area (Å²) in [7, 11) is 0. The molecule has 4 nitrogen and oxygen atoms in total. The summed E-state index contributed by atoms with van der Waals surface area (Å²) in [6.45, 7) is 6.58. The first-order chi connectivity index (χ1) is 10.4. The maximum absolute atomic E-state index is 11.7. The molecule has 2 bridgehead atoms. The van der Waals surface area contributed by atoms with Crippen LogP contribution in [-0.2, 0) is 0 Å². The highest BCUT2D eigenvalue weighted by atomic mass is 16.4. The van der Waals surface area contributed by atoms with Crippen LogP contribution in [0.3, 0.4) is 0 Å². The minimum atomic E-state index is -0.912. The van der Waals surface area contributed by atoms with Crippen molar-refractivity contribution in [2.24, 2.45) is 5.41 Å². The minimum absolute atomic E-state index is 0.129. The van der Waals surface area contributed by atoms with Crippen LogP contribution in [0, 0.1) is 12.3 Å². The number of benzene rings is 1. The molecule has 4 heteroatoms. The van der Waals surface area contributed by atoms with E-state index >= 15 is 0 Å². The summed E-state index contributed by atoms with van der Waals surface area (Å²) in [5, 5.41) is 14.0. The first-order valence-corrected chi connectivity index (χ1v) is 7.84. The second-order valence-electron chi connectivity index (χ2n) is 7.20. The molecule has 1 fully saturated rings. The van der Waals surface area contributed by atoms with Gasteiger partial charge in [0, 0.05) is 11.5 Å². The van der Waals surface area contributed by atoms with Crippen LogP contribution in [0.5, 0.6) is 0 Å². The van der Waals surface area contributed by atoms with E-state index in [4.69, 9.17) is 0 Å². The molecular weight excluding hydrogens is 276 g/mol. The van der Waals surface area contributed by atoms with E-state index in [1.54, 1.807) is 0 Å². The van der Waals surface area contributed by atoms with Gasteiger partial charge in [-0.3, -0.25) is 0 Å². The molecule has 2 atom stereocenters. The van der Waals surface area contributed by atoms with Crippen molar-refractivity contribution < 1.29 is 9.90 Å². The number of fused-ring (bicyclic) bond motifs is 5. The smallest absolute Gasteiger partial charge is 0.356 e. The molecule has 2 unspecified atom stereocenters. The van der Waals surface area contributed by atoms with Crippen LogP contribution in [0.15, 0.2) is 24.3 Å². The van der Waals surface area contributed by atoms with Crippen molar-refractivity contribution in [3.8, 4) is 5.69 Å². The Kier molecular flexibility index (Phi) is 2.60. The summed E-state index contributed by atoms with van der Waals surface area (Å²) in [5.41, 5.74) is 4.63. The molecule has 1 heterocycles. The van der Waals surface area contributed by atoms with Gasteiger partial charge in [-0.25, -0.2) is 9.48 Å². The maximum atomic E-state index is 11.7. The van der Waals surface area contributed by atoms with Crippen LogP contribution >= 0.6 is 0 Å². The Balaban J connectivity index is 1.96. The van der Waals surface area contributed by atoms with Gasteiger partial charge in [0.15, 0.2) is 5.69 Å². The zero-order valence-corrected chi connectivity index (χ0v) is 13.1. The van der Waals surface area contributed by atoms with Crippen LogP contribution in [0.1, 0.15) is 65.8 Å². The van der Waals surface area contributed by atoms with Crippen molar-refractivity contribution in [2.75, 3.05) is 0 Å². The number of aryl methyl sites for hydroxylation is 1. The quantitative estimate of drug-likeness (QED) is 0.915. The Morgan fingerprint density at radius 3 is 2.50 bits per heavy atom. The molecule has 1 aromatic carbocycles. The summed E-state index contributed by atoms with van der Waals surface area (Å²) in [6.07, 6.45) is 2.20.